The molecule has 0 fully saturated rings. The monoisotopic (exact) mass is 574 g/mol. The molecule has 0 bridgehead atoms. The van der Waals surface area contributed by atoms with Crippen molar-refractivity contribution >= 4 is 65.6 Å². The van der Waals surface area contributed by atoms with Crippen molar-refractivity contribution < 1.29 is 4.42 Å². The molecule has 0 amide bonds. The minimum atomic E-state index is 0.915. The molecule has 0 saturated carbocycles. The second-order valence-electron chi connectivity index (χ2n) is 11.8. The van der Waals surface area contributed by atoms with E-state index < -0.39 is 0 Å². The second kappa shape index (κ2) is 9.22. The Labute approximate surface area is 258 Å². The number of hydrogen-bond donors (Lipinski definition) is 0. The Morgan fingerprint density at radius 1 is 0.356 bits per heavy atom. The maximum Gasteiger partial charge on any atom is 0.136 e. The van der Waals surface area contributed by atoms with Gasteiger partial charge < -0.3 is 13.6 Å². The summed E-state index contributed by atoms with van der Waals surface area (Å²) in [7, 11) is 0. The van der Waals surface area contributed by atoms with Crippen LogP contribution in [-0.2, 0) is 0 Å². The molecule has 0 atom stereocenters. The van der Waals surface area contributed by atoms with E-state index in [0.29, 0.717) is 0 Å². The third-order valence-corrected chi connectivity index (χ3v) is 9.31. The average molecular weight is 575 g/mol. The summed E-state index contributed by atoms with van der Waals surface area (Å²) < 4.78 is 11.1. The van der Waals surface area contributed by atoms with Gasteiger partial charge in [-0.2, -0.15) is 0 Å². The minimum Gasteiger partial charge on any atom is -0.456 e. The summed E-state index contributed by atoms with van der Waals surface area (Å²) in [6, 6.07) is 56.6. The number of para-hydroxylation sites is 5. The molecule has 0 unspecified atom stereocenters. The molecule has 0 aliphatic heterocycles. The van der Waals surface area contributed by atoms with Crippen LogP contribution in [0.25, 0.3) is 88.1 Å². The molecule has 0 spiro atoms. The predicted molar refractivity (Wildman–Crippen MR) is 188 cm³/mol. The lowest BCUT2D eigenvalue weighted by atomic mass is 10.0. The number of aromatic nitrogens is 2. The van der Waals surface area contributed by atoms with Crippen molar-refractivity contribution in [2.75, 3.05) is 0 Å². The normalized spacial score (nSPS) is 12.0. The maximum atomic E-state index is 6.32. The quantitative estimate of drug-likeness (QED) is 0.206. The van der Waals surface area contributed by atoms with E-state index in [4.69, 9.17) is 4.42 Å². The van der Waals surface area contributed by atoms with Crippen LogP contribution in [0.15, 0.2) is 162 Å². The van der Waals surface area contributed by atoms with Crippen molar-refractivity contribution in [3.05, 3.63) is 158 Å². The third-order valence-electron chi connectivity index (χ3n) is 9.31. The summed E-state index contributed by atoms with van der Waals surface area (Å²) in [6.45, 7) is 0. The van der Waals surface area contributed by atoms with Gasteiger partial charge in [-0.05, 0) is 60.2 Å². The van der Waals surface area contributed by atoms with Crippen molar-refractivity contribution in [3.8, 4) is 22.5 Å². The lowest BCUT2D eigenvalue weighted by Crippen LogP contribution is -1.98. The van der Waals surface area contributed by atoms with Gasteiger partial charge in [-0.15, -0.1) is 0 Å². The van der Waals surface area contributed by atoms with Crippen LogP contribution in [-0.4, -0.2) is 9.13 Å². The molecule has 0 saturated heterocycles. The fourth-order valence-electron chi connectivity index (χ4n) is 7.37. The van der Waals surface area contributed by atoms with E-state index >= 15 is 0 Å². The molecule has 45 heavy (non-hydrogen) atoms. The van der Waals surface area contributed by atoms with Gasteiger partial charge in [0.2, 0.25) is 0 Å². The van der Waals surface area contributed by atoms with Crippen molar-refractivity contribution in [2.45, 2.75) is 0 Å². The molecule has 0 aliphatic rings. The largest absolute Gasteiger partial charge is 0.456 e. The Kier molecular flexibility index (Phi) is 5.00. The van der Waals surface area contributed by atoms with Gasteiger partial charge in [0.25, 0.3) is 0 Å². The summed E-state index contributed by atoms with van der Waals surface area (Å²) in [5.74, 6) is 0. The van der Waals surface area contributed by atoms with Crippen LogP contribution < -0.4 is 0 Å². The fourth-order valence-corrected chi connectivity index (χ4v) is 7.37. The molecule has 0 radical (unpaired) electrons. The summed E-state index contributed by atoms with van der Waals surface area (Å²) >= 11 is 0. The van der Waals surface area contributed by atoms with Gasteiger partial charge >= 0.3 is 0 Å². The van der Waals surface area contributed by atoms with Crippen LogP contribution in [0.3, 0.4) is 0 Å². The highest BCUT2D eigenvalue weighted by Crippen LogP contribution is 2.41. The van der Waals surface area contributed by atoms with Gasteiger partial charge in [0.05, 0.1) is 27.8 Å². The molecule has 3 heteroatoms. The number of benzene rings is 7. The van der Waals surface area contributed by atoms with Crippen LogP contribution in [0.2, 0.25) is 0 Å². The van der Waals surface area contributed by atoms with E-state index in [2.05, 4.69) is 155 Å². The van der Waals surface area contributed by atoms with E-state index in [1.807, 2.05) is 12.1 Å². The van der Waals surface area contributed by atoms with Crippen LogP contribution in [0.1, 0.15) is 0 Å². The van der Waals surface area contributed by atoms with E-state index in [1.54, 1.807) is 0 Å². The van der Waals surface area contributed by atoms with Crippen molar-refractivity contribution in [1.82, 2.24) is 9.13 Å². The molecule has 10 aromatic rings. The van der Waals surface area contributed by atoms with Crippen LogP contribution in [0.4, 0.5) is 0 Å². The third kappa shape index (κ3) is 3.46. The molecular formula is C42H26N2O. The molecular weight excluding hydrogens is 548 g/mol. The standard InChI is InChI=1S/C42H26N2O/c1-6-19-36(44-39-22-9-4-17-32(39)34-26-42-35(25-40(34)44)33-18-5-10-23-41(33)45-42)29(14-1)27-12-11-13-28(24-27)43-37-20-7-2-15-30(37)31-16-3-8-21-38(31)43/h1-26H. The fraction of sp³-hybridized carbons (Fsp3) is 0. The SMILES string of the molecule is c1cc(-c2ccccc2-n2c3ccccc3c3cc4oc5ccccc5c4cc32)cc(-n2c3ccccc3c3ccccc32)c1. The van der Waals surface area contributed by atoms with E-state index in [1.165, 1.54) is 54.7 Å². The Bertz CT molecular complexity index is 2720. The topological polar surface area (TPSA) is 23.0 Å². The highest BCUT2D eigenvalue weighted by atomic mass is 16.3. The van der Waals surface area contributed by atoms with Gasteiger partial charge in [-0.3, -0.25) is 0 Å². The van der Waals surface area contributed by atoms with Crippen LogP contribution in [0, 0.1) is 0 Å². The Morgan fingerprint density at radius 3 is 1.71 bits per heavy atom. The number of nitrogens with zero attached hydrogens (tertiary/aromatic N) is 2. The van der Waals surface area contributed by atoms with Crippen molar-refractivity contribution in [2.24, 2.45) is 0 Å². The minimum absolute atomic E-state index is 0.915. The zero-order chi connectivity index (χ0) is 29.5. The Hall–Kier alpha value is -6.06. The highest BCUT2D eigenvalue weighted by Gasteiger charge is 2.19. The molecule has 0 N–H and O–H groups in total. The van der Waals surface area contributed by atoms with Crippen molar-refractivity contribution in [1.29, 1.82) is 0 Å². The first-order chi connectivity index (χ1) is 22.3. The zero-order valence-electron chi connectivity index (χ0n) is 24.3. The Morgan fingerprint density at radius 2 is 0.956 bits per heavy atom. The molecule has 210 valence electrons. The molecule has 3 aromatic heterocycles. The molecule has 3 nitrogen and oxygen atoms in total. The summed E-state index contributed by atoms with van der Waals surface area (Å²) in [5, 5.41) is 7.20. The zero-order valence-corrected chi connectivity index (χ0v) is 24.3. The Balaban J connectivity index is 1.24. The van der Waals surface area contributed by atoms with Crippen molar-refractivity contribution in [3.63, 3.8) is 0 Å². The lowest BCUT2D eigenvalue weighted by Gasteiger charge is -2.15. The van der Waals surface area contributed by atoms with Gasteiger partial charge in [0, 0.05) is 43.6 Å². The number of furan rings is 1. The van der Waals surface area contributed by atoms with Gasteiger partial charge in [-0.1, -0.05) is 103 Å². The van der Waals surface area contributed by atoms with Gasteiger partial charge in [-0.25, -0.2) is 0 Å². The average Bonchev–Trinajstić information content (AvgIpc) is 3.74. The first-order valence-corrected chi connectivity index (χ1v) is 15.4. The molecule has 3 heterocycles. The number of fused-ring (bicyclic) bond motifs is 9. The first-order valence-electron chi connectivity index (χ1n) is 15.4. The van der Waals surface area contributed by atoms with E-state index in [0.717, 1.165) is 33.3 Å². The van der Waals surface area contributed by atoms with Gasteiger partial charge in [0.15, 0.2) is 0 Å². The molecule has 10 rings (SSSR count). The summed E-state index contributed by atoms with van der Waals surface area (Å²) in [4.78, 5) is 0. The van der Waals surface area contributed by atoms with Crippen LogP contribution >= 0.6 is 0 Å². The smallest absolute Gasteiger partial charge is 0.136 e. The molecule has 0 aliphatic carbocycles. The molecule has 7 aromatic carbocycles. The van der Waals surface area contributed by atoms with E-state index in [9.17, 15) is 0 Å². The van der Waals surface area contributed by atoms with E-state index in [-0.39, 0.29) is 0 Å². The van der Waals surface area contributed by atoms with Gasteiger partial charge in [0.1, 0.15) is 11.2 Å². The summed E-state index contributed by atoms with van der Waals surface area (Å²) in [6.07, 6.45) is 0. The summed E-state index contributed by atoms with van der Waals surface area (Å²) in [5.41, 5.74) is 11.2. The maximum absolute atomic E-state index is 6.32. The highest BCUT2D eigenvalue weighted by molar-refractivity contribution is 6.17. The number of rotatable bonds is 3. The number of hydrogen-bond acceptors (Lipinski definition) is 1. The van der Waals surface area contributed by atoms with Crippen LogP contribution in [0.5, 0.6) is 0 Å². The lowest BCUT2D eigenvalue weighted by molar-refractivity contribution is 0.669. The predicted octanol–water partition coefficient (Wildman–Crippen LogP) is 11.4. The second-order valence-corrected chi connectivity index (χ2v) is 11.8. The first kappa shape index (κ1) is 24.4.